The van der Waals surface area contributed by atoms with Gasteiger partial charge in [0.25, 0.3) is 0 Å². The maximum Gasteiger partial charge on any atom is 0.00588 e. The minimum atomic E-state index is 1.02. The molecule has 0 bridgehead atoms. The molecule has 1 nitrogen and oxygen atoms in total. The minimum absolute atomic E-state index is 1.02. The van der Waals surface area contributed by atoms with Crippen LogP contribution < -0.4 is 4.72 Å². The zero-order valence-corrected chi connectivity index (χ0v) is 5.95. The largest absolute Gasteiger partial charge is 0.267 e. The van der Waals surface area contributed by atoms with Crippen molar-refractivity contribution in [3.8, 4) is 0 Å². The predicted molar refractivity (Wildman–Crippen MR) is 38.9 cm³/mol. The van der Waals surface area contributed by atoms with Crippen molar-refractivity contribution in [1.29, 1.82) is 0 Å². The van der Waals surface area contributed by atoms with Crippen molar-refractivity contribution in [2.45, 2.75) is 25.7 Å². The summed E-state index contributed by atoms with van der Waals surface area (Å²) < 4.78 is 2.86. The molecule has 1 rings (SSSR count). The lowest BCUT2D eigenvalue weighted by Crippen LogP contribution is -2.15. The summed E-state index contributed by atoms with van der Waals surface area (Å²) in [6.07, 6.45) is 5.69. The molecule has 1 N–H and O–H groups in total. The van der Waals surface area contributed by atoms with E-state index in [-0.39, 0.29) is 0 Å². The van der Waals surface area contributed by atoms with E-state index in [1.165, 1.54) is 25.7 Å². The number of nitrogens with one attached hydrogen (secondary N) is 1. The van der Waals surface area contributed by atoms with E-state index in [0.29, 0.717) is 0 Å². The van der Waals surface area contributed by atoms with Crippen molar-refractivity contribution in [1.82, 2.24) is 4.72 Å². The van der Waals surface area contributed by atoms with E-state index in [2.05, 4.69) is 17.5 Å². The first-order valence-corrected chi connectivity index (χ1v) is 3.75. The maximum absolute atomic E-state index is 3.91. The first-order valence-electron chi connectivity index (χ1n) is 3.30. The summed E-state index contributed by atoms with van der Waals surface area (Å²) in [5.41, 5.74) is 0. The van der Waals surface area contributed by atoms with Gasteiger partial charge >= 0.3 is 0 Å². The Morgan fingerprint density at radius 1 is 1.50 bits per heavy atom. The lowest BCUT2D eigenvalue weighted by molar-refractivity contribution is 0.298. The van der Waals surface area contributed by atoms with Crippen LogP contribution in [0.2, 0.25) is 0 Å². The van der Waals surface area contributed by atoms with Gasteiger partial charge in [0.05, 0.1) is 0 Å². The molecule has 0 atom stereocenters. The average molecular weight is 131 g/mol. The van der Waals surface area contributed by atoms with Crippen LogP contribution in [0.5, 0.6) is 0 Å². The van der Waals surface area contributed by atoms with Crippen LogP contribution in [0.25, 0.3) is 0 Å². The number of thiol groups is 1. The van der Waals surface area contributed by atoms with Crippen LogP contribution in [0, 0.1) is 5.92 Å². The van der Waals surface area contributed by atoms with Gasteiger partial charge in [-0.05, 0) is 12.3 Å². The highest BCUT2D eigenvalue weighted by molar-refractivity contribution is 7.78. The Morgan fingerprint density at radius 3 is 2.62 bits per heavy atom. The molecule has 0 amide bonds. The van der Waals surface area contributed by atoms with Crippen molar-refractivity contribution in [3.05, 3.63) is 0 Å². The van der Waals surface area contributed by atoms with Crippen molar-refractivity contribution in [3.63, 3.8) is 0 Å². The molecule has 0 heterocycles. The molecule has 0 aromatic rings. The summed E-state index contributed by atoms with van der Waals surface area (Å²) in [5.74, 6) is 1.02. The predicted octanol–water partition coefficient (Wildman–Crippen LogP) is 1.61. The van der Waals surface area contributed by atoms with Gasteiger partial charge in [0.1, 0.15) is 0 Å². The normalized spacial score (nSPS) is 20.6. The van der Waals surface area contributed by atoms with Gasteiger partial charge < -0.3 is 0 Å². The molecule has 1 aliphatic rings. The summed E-state index contributed by atoms with van der Waals surface area (Å²) in [7, 11) is 0. The third kappa shape index (κ3) is 1.67. The molecule has 0 unspecified atom stereocenters. The molecule has 0 spiro atoms. The fraction of sp³-hybridized carbons (Fsp3) is 1.00. The van der Waals surface area contributed by atoms with Crippen molar-refractivity contribution < 1.29 is 0 Å². The van der Waals surface area contributed by atoms with Crippen LogP contribution in [0.3, 0.4) is 0 Å². The molecule has 0 radical (unpaired) electrons. The first kappa shape index (κ1) is 6.43. The lowest BCUT2D eigenvalue weighted by atomic mass is 9.83. The highest BCUT2D eigenvalue weighted by Crippen LogP contribution is 2.28. The monoisotopic (exact) mass is 131 g/mol. The second-order valence-corrected chi connectivity index (χ2v) is 2.81. The van der Waals surface area contributed by atoms with Gasteiger partial charge in [-0.3, -0.25) is 4.72 Å². The molecule has 0 aromatic heterocycles. The van der Waals surface area contributed by atoms with Gasteiger partial charge in [-0.25, -0.2) is 0 Å². The molecule has 1 aliphatic carbocycles. The van der Waals surface area contributed by atoms with Gasteiger partial charge in [0.15, 0.2) is 0 Å². The maximum atomic E-state index is 3.91. The fourth-order valence-electron chi connectivity index (χ4n) is 1.05. The zero-order valence-electron chi connectivity index (χ0n) is 5.06. The number of hydrogen-bond acceptors (Lipinski definition) is 2. The van der Waals surface area contributed by atoms with Crippen LogP contribution in [0.1, 0.15) is 25.7 Å². The van der Waals surface area contributed by atoms with E-state index >= 15 is 0 Å². The second kappa shape index (κ2) is 3.36. The van der Waals surface area contributed by atoms with Gasteiger partial charge in [0.2, 0.25) is 0 Å². The Labute approximate surface area is 56.4 Å². The van der Waals surface area contributed by atoms with Crippen molar-refractivity contribution >= 4 is 12.8 Å². The third-order valence-electron chi connectivity index (χ3n) is 1.89. The Balaban J connectivity index is 1.86. The van der Waals surface area contributed by atoms with E-state index in [4.69, 9.17) is 0 Å². The zero-order chi connectivity index (χ0) is 5.82. The van der Waals surface area contributed by atoms with Crippen molar-refractivity contribution in [2.75, 3.05) is 6.54 Å². The van der Waals surface area contributed by atoms with E-state index in [0.717, 1.165) is 12.5 Å². The van der Waals surface area contributed by atoms with E-state index in [1.807, 2.05) is 0 Å². The van der Waals surface area contributed by atoms with Gasteiger partial charge in [0, 0.05) is 6.54 Å². The van der Waals surface area contributed by atoms with Crippen LogP contribution >= 0.6 is 12.8 Å². The van der Waals surface area contributed by atoms with Crippen LogP contribution in [0.15, 0.2) is 0 Å². The Bertz CT molecular complexity index is 61.5. The lowest BCUT2D eigenvalue weighted by Gasteiger charge is -2.24. The molecule has 1 fully saturated rings. The minimum Gasteiger partial charge on any atom is -0.267 e. The van der Waals surface area contributed by atoms with Crippen LogP contribution in [-0.2, 0) is 0 Å². The number of rotatable bonds is 3. The summed E-state index contributed by atoms with van der Waals surface area (Å²) >= 11 is 3.91. The topological polar surface area (TPSA) is 12.0 Å². The van der Waals surface area contributed by atoms with E-state index < -0.39 is 0 Å². The average Bonchev–Trinajstić information content (AvgIpc) is 1.63. The second-order valence-electron chi connectivity index (χ2n) is 2.49. The Kier molecular flexibility index (Phi) is 2.70. The Hall–Kier alpha value is 0.310. The molecule has 48 valence electrons. The molecule has 0 aromatic carbocycles. The molecule has 0 saturated heterocycles. The smallest absolute Gasteiger partial charge is 0.00588 e. The van der Waals surface area contributed by atoms with E-state index in [1.54, 1.807) is 0 Å². The quantitative estimate of drug-likeness (QED) is 0.554. The summed E-state index contributed by atoms with van der Waals surface area (Å²) in [6, 6.07) is 0. The highest BCUT2D eigenvalue weighted by atomic mass is 32.1. The van der Waals surface area contributed by atoms with Crippen LogP contribution in [0.4, 0.5) is 0 Å². The molecular weight excluding hydrogens is 118 g/mol. The molecule has 0 aliphatic heterocycles. The fourth-order valence-corrected chi connectivity index (χ4v) is 1.18. The van der Waals surface area contributed by atoms with Gasteiger partial charge in [-0.15, -0.1) is 0 Å². The summed E-state index contributed by atoms with van der Waals surface area (Å²) in [6.45, 7) is 1.08. The summed E-state index contributed by atoms with van der Waals surface area (Å²) in [4.78, 5) is 0. The number of hydrogen-bond donors (Lipinski definition) is 2. The van der Waals surface area contributed by atoms with Crippen molar-refractivity contribution in [2.24, 2.45) is 5.92 Å². The molecule has 8 heavy (non-hydrogen) atoms. The third-order valence-corrected chi connectivity index (χ3v) is 2.11. The SMILES string of the molecule is SNCCC1CCC1. The van der Waals surface area contributed by atoms with Gasteiger partial charge in [-0.1, -0.05) is 32.1 Å². The highest BCUT2D eigenvalue weighted by Gasteiger charge is 2.15. The first-order chi connectivity index (χ1) is 3.93. The van der Waals surface area contributed by atoms with Gasteiger partial charge in [-0.2, -0.15) is 0 Å². The van der Waals surface area contributed by atoms with E-state index in [9.17, 15) is 0 Å². The summed E-state index contributed by atoms with van der Waals surface area (Å²) in [5, 5.41) is 0. The molecule has 1 saturated carbocycles. The van der Waals surface area contributed by atoms with Crippen LogP contribution in [-0.4, -0.2) is 6.54 Å². The standard InChI is InChI=1S/C6H13NS/c8-7-5-4-6-2-1-3-6/h6-8H,1-5H2. The molecule has 2 heteroatoms. The molecular formula is C6H13NS. The Morgan fingerprint density at radius 2 is 2.25 bits per heavy atom.